The normalized spacial score (nSPS) is 18.7. The molecule has 0 radical (unpaired) electrons. The topological polar surface area (TPSA) is 66.4 Å². The van der Waals surface area contributed by atoms with Crippen LogP contribution in [-0.2, 0) is 10.0 Å². The van der Waals surface area contributed by atoms with Crippen LogP contribution in [0.3, 0.4) is 0 Å². The number of halogens is 1. The van der Waals surface area contributed by atoms with Crippen molar-refractivity contribution in [3.8, 4) is 0 Å². The maximum absolute atomic E-state index is 12.2. The predicted molar refractivity (Wildman–Crippen MR) is 74.8 cm³/mol. The van der Waals surface area contributed by atoms with Crippen molar-refractivity contribution in [1.82, 2.24) is 4.72 Å². The molecule has 0 amide bonds. The molecule has 2 N–H and O–H groups in total. The first-order valence-electron chi connectivity index (χ1n) is 6.31. The van der Waals surface area contributed by atoms with E-state index >= 15 is 0 Å². The van der Waals surface area contributed by atoms with Gasteiger partial charge in [-0.1, -0.05) is 30.5 Å². The van der Waals surface area contributed by atoms with Crippen LogP contribution in [0.15, 0.2) is 23.1 Å². The van der Waals surface area contributed by atoms with Gasteiger partial charge in [0.15, 0.2) is 0 Å². The quantitative estimate of drug-likeness (QED) is 0.896. The molecule has 0 atom stereocenters. The van der Waals surface area contributed by atoms with Crippen LogP contribution < -0.4 is 4.72 Å². The van der Waals surface area contributed by atoms with Crippen molar-refractivity contribution in [3.63, 3.8) is 0 Å². The van der Waals surface area contributed by atoms with E-state index in [0.717, 1.165) is 12.8 Å². The van der Waals surface area contributed by atoms with Crippen molar-refractivity contribution in [2.24, 2.45) is 0 Å². The van der Waals surface area contributed by atoms with Gasteiger partial charge in [-0.05, 0) is 37.5 Å². The molecule has 4 nitrogen and oxygen atoms in total. The average molecular weight is 304 g/mol. The number of hydrogen-bond donors (Lipinski definition) is 2. The Morgan fingerprint density at radius 2 is 2.00 bits per heavy atom. The number of benzene rings is 1. The molecule has 1 saturated carbocycles. The van der Waals surface area contributed by atoms with Gasteiger partial charge in [0, 0.05) is 11.6 Å². The summed E-state index contributed by atoms with van der Waals surface area (Å²) < 4.78 is 26.9. The molecule has 0 spiro atoms. The Morgan fingerprint density at radius 1 is 1.37 bits per heavy atom. The van der Waals surface area contributed by atoms with Crippen molar-refractivity contribution in [2.45, 2.75) is 43.1 Å². The van der Waals surface area contributed by atoms with E-state index in [9.17, 15) is 13.5 Å². The largest absolute Gasteiger partial charge is 0.389 e. The minimum Gasteiger partial charge on any atom is -0.389 e. The van der Waals surface area contributed by atoms with Gasteiger partial charge in [-0.3, -0.25) is 0 Å². The summed E-state index contributed by atoms with van der Waals surface area (Å²) in [5, 5.41) is 10.6. The van der Waals surface area contributed by atoms with E-state index in [1.165, 1.54) is 6.07 Å². The summed E-state index contributed by atoms with van der Waals surface area (Å²) in [6.45, 7) is 1.72. The molecule has 0 heterocycles. The first kappa shape index (κ1) is 14.8. The van der Waals surface area contributed by atoms with Crippen molar-refractivity contribution < 1.29 is 13.5 Å². The van der Waals surface area contributed by atoms with Crippen molar-refractivity contribution in [3.05, 3.63) is 28.8 Å². The Labute approximate surface area is 118 Å². The Balaban J connectivity index is 2.16. The van der Waals surface area contributed by atoms with Crippen LogP contribution in [0.2, 0.25) is 5.02 Å². The molecule has 0 aliphatic heterocycles. The number of hydrogen-bond acceptors (Lipinski definition) is 3. The Kier molecular flexibility index (Phi) is 4.20. The van der Waals surface area contributed by atoms with Crippen molar-refractivity contribution >= 4 is 21.6 Å². The van der Waals surface area contributed by atoms with Gasteiger partial charge in [0.05, 0.1) is 10.5 Å². The van der Waals surface area contributed by atoms with Gasteiger partial charge in [0.1, 0.15) is 0 Å². The summed E-state index contributed by atoms with van der Waals surface area (Å²) in [6.07, 6.45) is 3.16. The summed E-state index contributed by atoms with van der Waals surface area (Å²) in [5.41, 5.74) is -0.380. The van der Waals surface area contributed by atoms with Crippen LogP contribution in [0.5, 0.6) is 0 Å². The minimum atomic E-state index is -3.63. The highest BCUT2D eigenvalue weighted by atomic mass is 35.5. The molecule has 6 heteroatoms. The number of nitrogens with one attached hydrogen (secondary N) is 1. The molecule has 2 rings (SSSR count). The average Bonchev–Trinajstić information content (AvgIpc) is 2.78. The van der Waals surface area contributed by atoms with Crippen LogP contribution in [0.4, 0.5) is 0 Å². The lowest BCUT2D eigenvalue weighted by molar-refractivity contribution is 0.0531. The number of sulfonamides is 1. The highest BCUT2D eigenvalue weighted by Gasteiger charge is 2.32. The van der Waals surface area contributed by atoms with Gasteiger partial charge in [-0.25, -0.2) is 13.1 Å². The standard InChI is InChI=1S/C13H18ClNO3S/c1-10-11(14)5-4-6-12(10)19(17,18)15-9-13(16)7-2-3-8-13/h4-6,15-16H,2-3,7-9H2,1H3. The van der Waals surface area contributed by atoms with Gasteiger partial charge in [-0.2, -0.15) is 0 Å². The highest BCUT2D eigenvalue weighted by Crippen LogP contribution is 2.29. The van der Waals surface area contributed by atoms with E-state index < -0.39 is 15.6 Å². The summed E-state index contributed by atoms with van der Waals surface area (Å²) in [6, 6.07) is 4.77. The fraction of sp³-hybridized carbons (Fsp3) is 0.538. The lowest BCUT2D eigenvalue weighted by Gasteiger charge is -2.22. The smallest absolute Gasteiger partial charge is 0.240 e. The Hall–Kier alpha value is -0.620. The second-order valence-electron chi connectivity index (χ2n) is 5.12. The summed E-state index contributed by atoms with van der Waals surface area (Å²) >= 11 is 5.93. The van der Waals surface area contributed by atoms with Crippen LogP contribution in [0.1, 0.15) is 31.2 Å². The van der Waals surface area contributed by atoms with E-state index in [4.69, 9.17) is 11.6 Å². The molecule has 0 saturated heterocycles. The molecule has 1 aliphatic carbocycles. The van der Waals surface area contributed by atoms with E-state index in [0.29, 0.717) is 23.4 Å². The maximum atomic E-state index is 12.2. The van der Waals surface area contributed by atoms with Crippen LogP contribution in [0.25, 0.3) is 0 Å². The molecule has 106 valence electrons. The summed E-state index contributed by atoms with van der Waals surface area (Å²) in [5.74, 6) is 0. The second kappa shape index (κ2) is 5.40. The first-order chi connectivity index (χ1) is 8.84. The fourth-order valence-electron chi connectivity index (χ4n) is 2.40. The monoisotopic (exact) mass is 303 g/mol. The third-order valence-corrected chi connectivity index (χ3v) is 5.59. The predicted octanol–water partition coefficient (Wildman–Crippen LogP) is 2.23. The van der Waals surface area contributed by atoms with E-state index in [1.807, 2.05) is 0 Å². The molecule has 0 unspecified atom stereocenters. The lowest BCUT2D eigenvalue weighted by atomic mass is 10.0. The molecule has 1 fully saturated rings. The number of aliphatic hydroxyl groups is 1. The van der Waals surface area contributed by atoms with Crippen molar-refractivity contribution in [2.75, 3.05) is 6.54 Å². The third kappa shape index (κ3) is 3.28. The summed E-state index contributed by atoms with van der Waals surface area (Å²) in [7, 11) is -3.63. The van der Waals surface area contributed by atoms with Gasteiger partial charge in [0.25, 0.3) is 0 Å². The van der Waals surface area contributed by atoms with Crippen LogP contribution in [-0.4, -0.2) is 25.7 Å². The molecule has 19 heavy (non-hydrogen) atoms. The van der Waals surface area contributed by atoms with Gasteiger partial charge in [0.2, 0.25) is 10.0 Å². The fourth-order valence-corrected chi connectivity index (χ4v) is 4.01. The zero-order chi connectivity index (χ0) is 14.1. The van der Waals surface area contributed by atoms with Gasteiger partial charge < -0.3 is 5.11 Å². The van der Waals surface area contributed by atoms with E-state index in [-0.39, 0.29) is 11.4 Å². The lowest BCUT2D eigenvalue weighted by Crippen LogP contribution is -2.40. The molecule has 0 aromatic heterocycles. The molecule has 1 aromatic rings. The van der Waals surface area contributed by atoms with E-state index in [1.54, 1.807) is 19.1 Å². The molecule has 0 bridgehead atoms. The first-order valence-corrected chi connectivity index (χ1v) is 8.17. The van der Waals surface area contributed by atoms with Crippen molar-refractivity contribution in [1.29, 1.82) is 0 Å². The summed E-state index contributed by atoms with van der Waals surface area (Å²) in [4.78, 5) is 0.168. The van der Waals surface area contributed by atoms with Gasteiger partial charge in [-0.15, -0.1) is 0 Å². The Bertz CT molecular complexity index is 565. The third-order valence-electron chi connectivity index (χ3n) is 3.63. The molecular weight excluding hydrogens is 286 g/mol. The minimum absolute atomic E-state index is 0.0568. The Morgan fingerprint density at radius 3 is 2.63 bits per heavy atom. The SMILES string of the molecule is Cc1c(Cl)cccc1S(=O)(=O)NCC1(O)CCCC1. The van der Waals surface area contributed by atoms with Crippen LogP contribution in [0, 0.1) is 6.92 Å². The van der Waals surface area contributed by atoms with Crippen LogP contribution >= 0.6 is 11.6 Å². The molecule has 1 aromatic carbocycles. The number of rotatable bonds is 4. The molecular formula is C13H18ClNO3S. The highest BCUT2D eigenvalue weighted by molar-refractivity contribution is 7.89. The maximum Gasteiger partial charge on any atom is 0.240 e. The molecule has 1 aliphatic rings. The zero-order valence-corrected chi connectivity index (χ0v) is 12.4. The second-order valence-corrected chi connectivity index (χ2v) is 7.26. The van der Waals surface area contributed by atoms with Gasteiger partial charge >= 0.3 is 0 Å². The zero-order valence-electron chi connectivity index (χ0n) is 10.8. The van der Waals surface area contributed by atoms with E-state index in [2.05, 4.69) is 4.72 Å².